The van der Waals surface area contributed by atoms with Gasteiger partial charge in [0.25, 0.3) is 0 Å². The molecule has 0 fully saturated rings. The normalized spacial score (nSPS) is 11.6. The van der Waals surface area contributed by atoms with Crippen LogP contribution in [-0.4, -0.2) is 39.8 Å². The quantitative estimate of drug-likeness (QED) is 0.441. The zero-order valence-corrected chi connectivity index (χ0v) is 16.6. The second-order valence-corrected chi connectivity index (χ2v) is 8.18. The Hall–Kier alpha value is -3.44. The molecule has 154 valence electrons. The van der Waals surface area contributed by atoms with E-state index in [2.05, 4.69) is 30.3 Å². The molecular formula is C19H18FN7O2S. The molecule has 11 heteroatoms. The molecule has 1 aromatic carbocycles. The number of nitrogens with zero attached hydrogens (tertiary/aromatic N) is 5. The Kier molecular flexibility index (Phi) is 5.63. The van der Waals surface area contributed by atoms with Crippen molar-refractivity contribution >= 4 is 21.5 Å². The molecule has 3 heterocycles. The van der Waals surface area contributed by atoms with Crippen LogP contribution in [0.3, 0.4) is 0 Å². The van der Waals surface area contributed by atoms with E-state index in [1.54, 1.807) is 29.0 Å². The van der Waals surface area contributed by atoms with E-state index in [1.807, 2.05) is 12.1 Å². The van der Waals surface area contributed by atoms with Crippen LogP contribution in [0.2, 0.25) is 0 Å². The molecule has 0 saturated carbocycles. The molecule has 0 amide bonds. The van der Waals surface area contributed by atoms with E-state index in [0.29, 0.717) is 23.8 Å². The van der Waals surface area contributed by atoms with E-state index in [4.69, 9.17) is 0 Å². The maximum atomic E-state index is 13.0. The van der Waals surface area contributed by atoms with Crippen LogP contribution in [0, 0.1) is 5.82 Å². The zero-order valence-electron chi connectivity index (χ0n) is 15.7. The van der Waals surface area contributed by atoms with Gasteiger partial charge >= 0.3 is 0 Å². The summed E-state index contributed by atoms with van der Waals surface area (Å²) in [5, 5.41) is 15.8. The summed E-state index contributed by atoms with van der Waals surface area (Å²) in [5.41, 5.74) is 1.62. The number of hydrogen-bond donors (Lipinski definition) is 2. The lowest BCUT2D eigenvalue weighted by Gasteiger charge is -2.07. The molecule has 0 bridgehead atoms. The van der Waals surface area contributed by atoms with Gasteiger partial charge in [0.05, 0.1) is 4.90 Å². The van der Waals surface area contributed by atoms with Crippen LogP contribution < -0.4 is 10.0 Å². The minimum absolute atomic E-state index is 0.00396. The van der Waals surface area contributed by atoms with Crippen molar-refractivity contribution in [3.63, 3.8) is 0 Å². The standard InChI is InChI=1S/C19H18FN7O2S/c20-15-1-3-16(4-2-15)30(28,29)23-12-9-19-25-24-18-6-5-17(26-27(18)19)22-13-14-7-10-21-11-8-14/h1-8,10-11,23H,9,12-13H2,(H,22,26). The first-order chi connectivity index (χ1) is 14.5. The summed E-state index contributed by atoms with van der Waals surface area (Å²) < 4.78 is 41.7. The fourth-order valence-electron chi connectivity index (χ4n) is 2.77. The van der Waals surface area contributed by atoms with E-state index in [-0.39, 0.29) is 17.9 Å². The number of sulfonamides is 1. The van der Waals surface area contributed by atoms with Crippen molar-refractivity contribution in [1.82, 2.24) is 29.5 Å². The van der Waals surface area contributed by atoms with Crippen molar-refractivity contribution in [2.75, 3.05) is 11.9 Å². The Bertz CT molecular complexity index is 1250. The fraction of sp³-hybridized carbons (Fsp3) is 0.158. The monoisotopic (exact) mass is 427 g/mol. The van der Waals surface area contributed by atoms with Crippen molar-refractivity contribution in [1.29, 1.82) is 0 Å². The van der Waals surface area contributed by atoms with E-state index in [1.165, 1.54) is 12.1 Å². The van der Waals surface area contributed by atoms with Crippen molar-refractivity contribution in [2.24, 2.45) is 0 Å². The van der Waals surface area contributed by atoms with Gasteiger partial charge in [-0.15, -0.1) is 15.3 Å². The van der Waals surface area contributed by atoms with Crippen molar-refractivity contribution in [2.45, 2.75) is 17.9 Å². The summed E-state index contributed by atoms with van der Waals surface area (Å²) in [6, 6.07) is 12.0. The van der Waals surface area contributed by atoms with E-state index in [9.17, 15) is 12.8 Å². The zero-order chi connectivity index (χ0) is 21.0. The first-order valence-electron chi connectivity index (χ1n) is 9.11. The number of halogens is 1. The molecule has 0 radical (unpaired) electrons. The van der Waals surface area contributed by atoms with Crippen molar-refractivity contribution in [3.8, 4) is 0 Å². The van der Waals surface area contributed by atoms with Crippen LogP contribution in [0.15, 0.2) is 65.8 Å². The maximum Gasteiger partial charge on any atom is 0.240 e. The molecule has 9 nitrogen and oxygen atoms in total. The maximum absolute atomic E-state index is 13.0. The van der Waals surface area contributed by atoms with Crippen LogP contribution >= 0.6 is 0 Å². The highest BCUT2D eigenvalue weighted by Gasteiger charge is 2.15. The highest BCUT2D eigenvalue weighted by atomic mass is 32.2. The molecule has 0 unspecified atom stereocenters. The topological polar surface area (TPSA) is 114 Å². The average Bonchev–Trinajstić information content (AvgIpc) is 3.15. The van der Waals surface area contributed by atoms with Crippen LogP contribution in [0.25, 0.3) is 5.65 Å². The van der Waals surface area contributed by atoms with Gasteiger partial charge in [-0.2, -0.15) is 4.52 Å². The largest absolute Gasteiger partial charge is 0.365 e. The van der Waals surface area contributed by atoms with Gasteiger partial charge < -0.3 is 5.32 Å². The van der Waals surface area contributed by atoms with Gasteiger partial charge in [0.1, 0.15) is 11.6 Å². The first-order valence-corrected chi connectivity index (χ1v) is 10.6. The van der Waals surface area contributed by atoms with Gasteiger partial charge in [-0.3, -0.25) is 4.98 Å². The molecule has 2 N–H and O–H groups in total. The molecule has 4 rings (SSSR count). The molecule has 0 aliphatic heterocycles. The Labute approximate surface area is 172 Å². The lowest BCUT2D eigenvalue weighted by Crippen LogP contribution is -2.26. The number of hydrogen-bond acceptors (Lipinski definition) is 7. The van der Waals surface area contributed by atoms with Gasteiger partial charge in [0, 0.05) is 31.9 Å². The van der Waals surface area contributed by atoms with E-state index >= 15 is 0 Å². The molecule has 0 aliphatic rings. The average molecular weight is 427 g/mol. The van der Waals surface area contributed by atoms with E-state index < -0.39 is 15.8 Å². The summed E-state index contributed by atoms with van der Waals surface area (Å²) in [6.07, 6.45) is 3.72. The summed E-state index contributed by atoms with van der Waals surface area (Å²) in [6.45, 7) is 0.673. The molecular weight excluding hydrogens is 409 g/mol. The molecule has 4 aromatic rings. The molecule has 3 aromatic heterocycles. The molecule has 0 atom stereocenters. The minimum atomic E-state index is -3.74. The number of pyridine rings is 1. The van der Waals surface area contributed by atoms with E-state index in [0.717, 1.165) is 17.7 Å². The number of rotatable bonds is 8. The number of aromatic nitrogens is 5. The lowest BCUT2D eigenvalue weighted by atomic mass is 10.3. The molecule has 0 aliphatic carbocycles. The van der Waals surface area contributed by atoms with Gasteiger partial charge in [0.15, 0.2) is 11.5 Å². The smallest absolute Gasteiger partial charge is 0.240 e. The number of nitrogens with one attached hydrogen (secondary N) is 2. The SMILES string of the molecule is O=S(=O)(NCCc1nnc2ccc(NCc3ccncc3)nn12)c1ccc(F)cc1. The van der Waals surface area contributed by atoms with Crippen LogP contribution in [0.4, 0.5) is 10.2 Å². The summed E-state index contributed by atoms with van der Waals surface area (Å²) in [7, 11) is -3.74. The Balaban J connectivity index is 1.42. The fourth-order valence-corrected chi connectivity index (χ4v) is 3.80. The summed E-state index contributed by atoms with van der Waals surface area (Å²) in [4.78, 5) is 3.98. The number of fused-ring (bicyclic) bond motifs is 1. The summed E-state index contributed by atoms with van der Waals surface area (Å²) >= 11 is 0. The van der Waals surface area contributed by atoms with Crippen molar-refractivity contribution < 1.29 is 12.8 Å². The lowest BCUT2D eigenvalue weighted by molar-refractivity contribution is 0.579. The molecule has 30 heavy (non-hydrogen) atoms. The van der Waals surface area contributed by atoms with Crippen LogP contribution in [0.5, 0.6) is 0 Å². The number of anilines is 1. The second-order valence-electron chi connectivity index (χ2n) is 6.42. The van der Waals surface area contributed by atoms with Gasteiger partial charge in [-0.25, -0.2) is 17.5 Å². The minimum Gasteiger partial charge on any atom is -0.365 e. The second kappa shape index (κ2) is 8.51. The molecule has 0 spiro atoms. The van der Waals surface area contributed by atoms with Crippen LogP contribution in [0.1, 0.15) is 11.4 Å². The van der Waals surface area contributed by atoms with Crippen LogP contribution in [-0.2, 0) is 23.0 Å². The van der Waals surface area contributed by atoms with Crippen molar-refractivity contribution in [3.05, 3.63) is 78.1 Å². The Morgan fingerprint density at radius 2 is 1.73 bits per heavy atom. The highest BCUT2D eigenvalue weighted by molar-refractivity contribution is 7.89. The predicted molar refractivity (Wildman–Crippen MR) is 108 cm³/mol. The van der Waals surface area contributed by atoms with Gasteiger partial charge in [0.2, 0.25) is 10.0 Å². The number of benzene rings is 1. The Morgan fingerprint density at radius 3 is 2.50 bits per heavy atom. The third-order valence-corrected chi connectivity index (χ3v) is 5.79. The third-order valence-electron chi connectivity index (χ3n) is 4.32. The third kappa shape index (κ3) is 4.58. The predicted octanol–water partition coefficient (Wildman–Crippen LogP) is 1.79. The van der Waals surface area contributed by atoms with Gasteiger partial charge in [-0.1, -0.05) is 0 Å². The van der Waals surface area contributed by atoms with Gasteiger partial charge in [-0.05, 0) is 54.1 Å². The molecule has 0 saturated heterocycles. The Morgan fingerprint density at radius 1 is 0.967 bits per heavy atom. The first kappa shape index (κ1) is 19.9. The highest BCUT2D eigenvalue weighted by Crippen LogP contribution is 2.11. The summed E-state index contributed by atoms with van der Waals surface area (Å²) in [5.74, 6) is 0.648.